The van der Waals surface area contributed by atoms with E-state index in [4.69, 9.17) is 4.74 Å². The minimum absolute atomic E-state index is 0.0149. The molecule has 0 unspecified atom stereocenters. The summed E-state index contributed by atoms with van der Waals surface area (Å²) in [7, 11) is -3.23. The Kier molecular flexibility index (Phi) is 4.51. The molecule has 0 fully saturated rings. The number of rotatable bonds is 5. The van der Waals surface area contributed by atoms with Crippen LogP contribution in [0.3, 0.4) is 0 Å². The van der Waals surface area contributed by atoms with Crippen molar-refractivity contribution in [1.29, 1.82) is 0 Å². The highest BCUT2D eigenvalue weighted by Crippen LogP contribution is 2.14. The van der Waals surface area contributed by atoms with E-state index in [1.807, 2.05) is 0 Å². The summed E-state index contributed by atoms with van der Waals surface area (Å²) in [6.45, 7) is 2.06. The molecule has 6 heteroatoms. The number of anilines is 1. The number of hydrogen-bond acceptors (Lipinski definition) is 5. The van der Waals surface area contributed by atoms with Crippen molar-refractivity contribution in [2.75, 3.05) is 24.7 Å². The molecular formula is C11H15NO4S. The highest BCUT2D eigenvalue weighted by atomic mass is 32.2. The third-order valence-electron chi connectivity index (χ3n) is 2.00. The summed E-state index contributed by atoms with van der Waals surface area (Å²) < 4.78 is 27.4. The molecule has 0 bridgehead atoms. The van der Waals surface area contributed by atoms with Crippen LogP contribution >= 0.6 is 0 Å². The van der Waals surface area contributed by atoms with Crippen LogP contribution in [-0.2, 0) is 19.4 Å². The molecule has 0 saturated heterocycles. The van der Waals surface area contributed by atoms with Crippen molar-refractivity contribution in [3.63, 3.8) is 0 Å². The second-order valence-electron chi connectivity index (χ2n) is 3.46. The molecule has 1 aromatic carbocycles. The number of carbonyl (C=O) groups excluding carboxylic acids is 1. The first-order valence-electron chi connectivity index (χ1n) is 5.13. The van der Waals surface area contributed by atoms with Gasteiger partial charge in [-0.15, -0.1) is 0 Å². The summed E-state index contributed by atoms with van der Waals surface area (Å²) in [6, 6.07) is 6.29. The van der Waals surface area contributed by atoms with Crippen LogP contribution in [0.15, 0.2) is 29.2 Å². The monoisotopic (exact) mass is 257 g/mol. The Morgan fingerprint density at radius 1 is 1.41 bits per heavy atom. The van der Waals surface area contributed by atoms with Gasteiger partial charge in [-0.1, -0.05) is 6.07 Å². The van der Waals surface area contributed by atoms with E-state index >= 15 is 0 Å². The van der Waals surface area contributed by atoms with E-state index in [-0.39, 0.29) is 17.4 Å². The van der Waals surface area contributed by atoms with Gasteiger partial charge in [0, 0.05) is 11.9 Å². The largest absolute Gasteiger partial charge is 0.465 e. The van der Waals surface area contributed by atoms with Crippen LogP contribution in [0.2, 0.25) is 0 Å². The maximum Gasteiger partial charge on any atom is 0.325 e. The fourth-order valence-corrected chi connectivity index (χ4v) is 1.89. The summed E-state index contributed by atoms with van der Waals surface area (Å²) in [5.41, 5.74) is 0.570. The zero-order chi connectivity index (χ0) is 12.9. The summed E-state index contributed by atoms with van der Waals surface area (Å²) >= 11 is 0. The third-order valence-corrected chi connectivity index (χ3v) is 3.11. The lowest BCUT2D eigenvalue weighted by Crippen LogP contribution is -2.16. The topological polar surface area (TPSA) is 72.5 Å². The number of sulfone groups is 1. The lowest BCUT2D eigenvalue weighted by Gasteiger charge is -2.07. The maximum absolute atomic E-state index is 11.3. The molecule has 94 valence electrons. The van der Waals surface area contributed by atoms with E-state index in [9.17, 15) is 13.2 Å². The molecule has 0 aliphatic carbocycles. The lowest BCUT2D eigenvalue weighted by atomic mass is 10.3. The molecule has 0 amide bonds. The van der Waals surface area contributed by atoms with Gasteiger partial charge in [0.05, 0.1) is 11.5 Å². The van der Waals surface area contributed by atoms with Crippen LogP contribution in [0.25, 0.3) is 0 Å². The highest BCUT2D eigenvalue weighted by molar-refractivity contribution is 7.90. The van der Waals surface area contributed by atoms with E-state index in [0.717, 1.165) is 6.26 Å². The number of hydrogen-bond donors (Lipinski definition) is 1. The van der Waals surface area contributed by atoms with Gasteiger partial charge < -0.3 is 10.1 Å². The third kappa shape index (κ3) is 4.44. The van der Waals surface area contributed by atoms with Crippen molar-refractivity contribution in [1.82, 2.24) is 0 Å². The minimum atomic E-state index is -3.23. The summed E-state index contributed by atoms with van der Waals surface area (Å²) in [6.07, 6.45) is 1.14. The van der Waals surface area contributed by atoms with Gasteiger partial charge >= 0.3 is 5.97 Å². The molecule has 0 heterocycles. The molecular weight excluding hydrogens is 242 g/mol. The van der Waals surface area contributed by atoms with Gasteiger partial charge in [0.15, 0.2) is 9.84 Å². The molecule has 1 N–H and O–H groups in total. The zero-order valence-electron chi connectivity index (χ0n) is 9.76. The van der Waals surface area contributed by atoms with Crippen LogP contribution in [0.1, 0.15) is 6.92 Å². The summed E-state index contributed by atoms with van der Waals surface area (Å²) in [5, 5.41) is 2.80. The maximum atomic E-state index is 11.3. The predicted octanol–water partition coefficient (Wildman–Crippen LogP) is 1.07. The van der Waals surface area contributed by atoms with Crippen molar-refractivity contribution in [2.24, 2.45) is 0 Å². The van der Waals surface area contributed by atoms with Gasteiger partial charge in [-0.05, 0) is 25.1 Å². The Hall–Kier alpha value is -1.56. The Morgan fingerprint density at radius 2 is 2.12 bits per heavy atom. The first-order valence-corrected chi connectivity index (χ1v) is 7.02. The van der Waals surface area contributed by atoms with E-state index in [1.54, 1.807) is 19.1 Å². The van der Waals surface area contributed by atoms with Crippen molar-refractivity contribution in [3.05, 3.63) is 24.3 Å². The van der Waals surface area contributed by atoms with Crippen LogP contribution in [0.4, 0.5) is 5.69 Å². The Balaban J connectivity index is 2.70. The average molecular weight is 257 g/mol. The number of esters is 1. The normalized spacial score (nSPS) is 10.9. The van der Waals surface area contributed by atoms with Gasteiger partial charge in [0.1, 0.15) is 6.54 Å². The molecule has 0 aromatic heterocycles. The number of carbonyl (C=O) groups is 1. The van der Waals surface area contributed by atoms with Crippen molar-refractivity contribution in [2.45, 2.75) is 11.8 Å². The van der Waals surface area contributed by atoms with Crippen molar-refractivity contribution >= 4 is 21.5 Å². The standard InChI is InChI=1S/C11H15NO4S/c1-3-16-11(13)8-12-9-5-4-6-10(7-9)17(2,14)15/h4-7,12H,3,8H2,1-2H3. The Labute approximate surface area is 101 Å². The van der Waals surface area contributed by atoms with Gasteiger partial charge in [-0.3, -0.25) is 4.79 Å². The van der Waals surface area contributed by atoms with E-state index < -0.39 is 9.84 Å². The van der Waals surface area contributed by atoms with Crippen LogP contribution < -0.4 is 5.32 Å². The first kappa shape index (κ1) is 13.5. The zero-order valence-corrected chi connectivity index (χ0v) is 10.6. The first-order chi connectivity index (χ1) is 7.93. The quantitative estimate of drug-likeness (QED) is 0.799. The van der Waals surface area contributed by atoms with E-state index in [1.165, 1.54) is 12.1 Å². The van der Waals surface area contributed by atoms with Crippen molar-refractivity contribution in [3.8, 4) is 0 Å². The van der Waals surface area contributed by atoms with Crippen LogP contribution in [0, 0.1) is 0 Å². The number of nitrogens with one attached hydrogen (secondary N) is 1. The second-order valence-corrected chi connectivity index (χ2v) is 5.47. The van der Waals surface area contributed by atoms with Gasteiger partial charge in [0.25, 0.3) is 0 Å². The highest BCUT2D eigenvalue weighted by Gasteiger charge is 2.08. The molecule has 1 aromatic rings. The lowest BCUT2D eigenvalue weighted by molar-refractivity contribution is -0.140. The molecule has 1 rings (SSSR count). The molecule has 0 spiro atoms. The second kappa shape index (κ2) is 5.67. The number of ether oxygens (including phenoxy) is 1. The fraction of sp³-hybridized carbons (Fsp3) is 0.364. The minimum Gasteiger partial charge on any atom is -0.465 e. The summed E-state index contributed by atoms with van der Waals surface area (Å²) in [5.74, 6) is -0.378. The van der Waals surface area contributed by atoms with Crippen molar-refractivity contribution < 1.29 is 17.9 Å². The predicted molar refractivity (Wildman–Crippen MR) is 64.7 cm³/mol. The van der Waals surface area contributed by atoms with E-state index in [2.05, 4.69) is 5.32 Å². The fourth-order valence-electron chi connectivity index (χ4n) is 1.22. The molecule has 5 nitrogen and oxygen atoms in total. The number of benzene rings is 1. The van der Waals surface area contributed by atoms with Gasteiger partial charge in [-0.25, -0.2) is 8.42 Å². The molecule has 17 heavy (non-hydrogen) atoms. The van der Waals surface area contributed by atoms with Crippen LogP contribution in [0.5, 0.6) is 0 Å². The smallest absolute Gasteiger partial charge is 0.325 e. The summed E-state index contributed by atoms with van der Waals surface area (Å²) in [4.78, 5) is 11.3. The molecule has 0 saturated carbocycles. The van der Waals surface area contributed by atoms with Gasteiger partial charge in [-0.2, -0.15) is 0 Å². The average Bonchev–Trinajstić information content (AvgIpc) is 2.26. The molecule has 0 radical (unpaired) electrons. The molecule has 0 atom stereocenters. The van der Waals surface area contributed by atoms with E-state index in [0.29, 0.717) is 12.3 Å². The Morgan fingerprint density at radius 3 is 2.71 bits per heavy atom. The SMILES string of the molecule is CCOC(=O)CNc1cccc(S(C)(=O)=O)c1. The Bertz CT molecular complexity index is 496. The molecule has 0 aliphatic rings. The van der Waals surface area contributed by atoms with Gasteiger partial charge in [0.2, 0.25) is 0 Å². The van der Waals surface area contributed by atoms with Crippen LogP contribution in [-0.4, -0.2) is 33.8 Å². The molecule has 0 aliphatic heterocycles.